The van der Waals surface area contributed by atoms with Gasteiger partial charge in [0.05, 0.1) is 17.8 Å². The molecular weight excluding hydrogens is 318 g/mol. The van der Waals surface area contributed by atoms with Crippen molar-refractivity contribution in [1.29, 1.82) is 0 Å². The zero-order valence-corrected chi connectivity index (χ0v) is 12.5. The van der Waals surface area contributed by atoms with Crippen molar-refractivity contribution >= 4 is 33.3 Å². The minimum absolute atomic E-state index is 0.410. The Bertz CT molecular complexity index is 724. The number of halogens is 1. The first kappa shape index (κ1) is 13.1. The Morgan fingerprint density at radius 1 is 1.05 bits per heavy atom. The lowest BCUT2D eigenvalue weighted by Gasteiger charge is -2.19. The number of hydrogen-bond acceptors (Lipinski definition) is 2. The van der Waals surface area contributed by atoms with Crippen LogP contribution >= 0.6 is 15.9 Å². The second-order valence-corrected chi connectivity index (χ2v) is 5.64. The largest absolute Gasteiger partial charge is 0.299 e. The lowest BCUT2D eigenvalue weighted by atomic mass is 10.1. The maximum atomic E-state index is 12.2. The van der Waals surface area contributed by atoms with E-state index in [0.29, 0.717) is 17.8 Å². The summed E-state index contributed by atoms with van der Waals surface area (Å²) in [5.41, 5.74) is 3.29. The van der Waals surface area contributed by atoms with Crippen molar-refractivity contribution in [3.63, 3.8) is 0 Å². The first-order chi connectivity index (χ1) is 9.59. The van der Waals surface area contributed by atoms with Crippen LogP contribution in [0.3, 0.4) is 0 Å². The number of anilines is 1. The van der Waals surface area contributed by atoms with Gasteiger partial charge in [-0.25, -0.2) is 0 Å². The molecule has 4 heteroatoms. The Balaban J connectivity index is 2.06. The first-order valence-electron chi connectivity index (χ1n) is 6.29. The molecule has 1 aliphatic rings. The summed E-state index contributed by atoms with van der Waals surface area (Å²) in [4.78, 5) is 25.8. The molecule has 0 saturated carbocycles. The van der Waals surface area contributed by atoms with Crippen LogP contribution in [0.5, 0.6) is 0 Å². The second-order valence-electron chi connectivity index (χ2n) is 4.78. The molecule has 1 aliphatic heterocycles. The lowest BCUT2D eigenvalue weighted by molar-refractivity contribution is -0.114. The molecule has 0 unspecified atom stereocenters. The molecule has 0 aliphatic carbocycles. The van der Waals surface area contributed by atoms with Crippen molar-refractivity contribution in [2.45, 2.75) is 13.5 Å². The Hall–Kier alpha value is -1.94. The zero-order chi connectivity index (χ0) is 14.3. The number of ketones is 1. The van der Waals surface area contributed by atoms with Crippen LogP contribution in [0.2, 0.25) is 0 Å². The summed E-state index contributed by atoms with van der Waals surface area (Å²) in [5.74, 6) is -0.898. The van der Waals surface area contributed by atoms with Gasteiger partial charge in [-0.2, -0.15) is 0 Å². The summed E-state index contributed by atoms with van der Waals surface area (Å²) in [6.07, 6.45) is 0. The van der Waals surface area contributed by atoms with Gasteiger partial charge in [0.1, 0.15) is 0 Å². The molecule has 0 radical (unpaired) electrons. The molecule has 20 heavy (non-hydrogen) atoms. The van der Waals surface area contributed by atoms with Crippen molar-refractivity contribution in [3.8, 4) is 0 Å². The van der Waals surface area contributed by atoms with E-state index in [1.165, 1.54) is 0 Å². The van der Waals surface area contributed by atoms with Gasteiger partial charge in [-0.3, -0.25) is 14.5 Å². The fourth-order valence-corrected chi connectivity index (χ4v) is 3.00. The number of Topliss-reactive ketones (excluding diaryl/α,β-unsaturated/α-hetero) is 1. The van der Waals surface area contributed by atoms with Crippen molar-refractivity contribution < 1.29 is 9.59 Å². The zero-order valence-electron chi connectivity index (χ0n) is 10.9. The number of rotatable bonds is 2. The fourth-order valence-electron chi connectivity index (χ4n) is 2.42. The van der Waals surface area contributed by atoms with E-state index in [0.717, 1.165) is 15.6 Å². The number of para-hydroxylation sites is 1. The molecular formula is C16H12BrNO2. The van der Waals surface area contributed by atoms with Gasteiger partial charge in [0, 0.05) is 4.47 Å². The molecule has 2 aromatic carbocycles. The highest BCUT2D eigenvalue weighted by Crippen LogP contribution is 2.37. The summed E-state index contributed by atoms with van der Waals surface area (Å²) in [6.45, 7) is 2.41. The van der Waals surface area contributed by atoms with Crippen LogP contribution in [-0.4, -0.2) is 11.7 Å². The lowest BCUT2D eigenvalue weighted by Crippen LogP contribution is -2.29. The Morgan fingerprint density at radius 2 is 1.80 bits per heavy atom. The summed E-state index contributed by atoms with van der Waals surface area (Å²) in [7, 11) is 0. The number of fused-ring (bicyclic) bond motifs is 1. The van der Waals surface area contributed by atoms with Gasteiger partial charge in [-0.1, -0.05) is 30.3 Å². The van der Waals surface area contributed by atoms with E-state index in [1.54, 1.807) is 17.0 Å². The predicted molar refractivity (Wildman–Crippen MR) is 80.8 cm³/mol. The van der Waals surface area contributed by atoms with Crippen molar-refractivity contribution in [2.75, 3.05) is 4.90 Å². The molecule has 0 fully saturated rings. The van der Waals surface area contributed by atoms with Crippen LogP contribution in [0.25, 0.3) is 0 Å². The van der Waals surface area contributed by atoms with Crippen molar-refractivity contribution in [1.82, 2.24) is 0 Å². The molecule has 1 amide bonds. The number of benzene rings is 2. The molecule has 1 heterocycles. The predicted octanol–water partition coefficient (Wildman–Crippen LogP) is 3.49. The van der Waals surface area contributed by atoms with E-state index < -0.39 is 11.7 Å². The van der Waals surface area contributed by atoms with Gasteiger partial charge in [0.15, 0.2) is 0 Å². The second kappa shape index (κ2) is 4.87. The van der Waals surface area contributed by atoms with E-state index in [4.69, 9.17) is 0 Å². The Kier molecular flexibility index (Phi) is 3.18. The average molecular weight is 330 g/mol. The molecule has 0 saturated heterocycles. The molecule has 2 aromatic rings. The standard InChI is InChI=1S/C16H12BrNO2/c1-10-5-2-3-6-11(10)9-18-14-12(15(19)16(18)20)7-4-8-13(14)17/h2-8H,9H2,1H3. The normalized spacial score (nSPS) is 13.8. The highest BCUT2D eigenvalue weighted by molar-refractivity contribution is 9.10. The number of carbonyl (C=O) groups excluding carboxylic acids is 2. The molecule has 3 nitrogen and oxygen atoms in total. The minimum atomic E-state index is -0.463. The van der Waals surface area contributed by atoms with E-state index in [9.17, 15) is 9.59 Å². The topological polar surface area (TPSA) is 37.4 Å². The van der Waals surface area contributed by atoms with E-state index in [2.05, 4.69) is 15.9 Å². The smallest absolute Gasteiger partial charge is 0.299 e. The van der Waals surface area contributed by atoms with Gasteiger partial charge in [0.25, 0.3) is 11.7 Å². The number of hydrogen-bond donors (Lipinski definition) is 0. The third kappa shape index (κ3) is 1.96. The monoisotopic (exact) mass is 329 g/mol. The summed E-state index contributed by atoms with van der Waals surface area (Å²) >= 11 is 3.43. The quantitative estimate of drug-likeness (QED) is 0.791. The molecule has 0 N–H and O–H groups in total. The number of carbonyl (C=O) groups is 2. The SMILES string of the molecule is Cc1ccccc1CN1C(=O)C(=O)c2cccc(Br)c21. The third-order valence-electron chi connectivity index (χ3n) is 3.53. The van der Waals surface area contributed by atoms with Crippen LogP contribution in [0.1, 0.15) is 21.5 Å². The van der Waals surface area contributed by atoms with E-state index in [-0.39, 0.29) is 0 Å². The van der Waals surface area contributed by atoms with Gasteiger partial charge in [-0.15, -0.1) is 0 Å². The molecule has 0 bridgehead atoms. The average Bonchev–Trinajstić information content (AvgIpc) is 2.68. The van der Waals surface area contributed by atoms with Crippen molar-refractivity contribution in [2.24, 2.45) is 0 Å². The van der Waals surface area contributed by atoms with Gasteiger partial charge in [-0.05, 0) is 46.1 Å². The van der Waals surface area contributed by atoms with Gasteiger partial charge in [0.2, 0.25) is 0 Å². The van der Waals surface area contributed by atoms with Crippen LogP contribution < -0.4 is 4.90 Å². The van der Waals surface area contributed by atoms with Crippen molar-refractivity contribution in [3.05, 3.63) is 63.6 Å². The maximum absolute atomic E-state index is 12.2. The maximum Gasteiger partial charge on any atom is 0.299 e. The van der Waals surface area contributed by atoms with Crippen LogP contribution in [0.15, 0.2) is 46.9 Å². The molecule has 100 valence electrons. The summed E-state index contributed by atoms with van der Waals surface area (Å²) in [6, 6.07) is 13.2. The Labute approximate surface area is 125 Å². The van der Waals surface area contributed by atoms with Gasteiger partial charge < -0.3 is 0 Å². The highest BCUT2D eigenvalue weighted by atomic mass is 79.9. The van der Waals surface area contributed by atoms with Gasteiger partial charge >= 0.3 is 0 Å². The molecule has 3 rings (SSSR count). The fraction of sp³-hybridized carbons (Fsp3) is 0.125. The molecule has 0 atom stereocenters. The molecule has 0 aromatic heterocycles. The Morgan fingerprint density at radius 3 is 2.55 bits per heavy atom. The number of aryl methyl sites for hydroxylation is 1. The van der Waals surface area contributed by atoms with Crippen LogP contribution in [0.4, 0.5) is 5.69 Å². The van der Waals surface area contributed by atoms with Crippen LogP contribution in [-0.2, 0) is 11.3 Å². The first-order valence-corrected chi connectivity index (χ1v) is 7.08. The molecule has 0 spiro atoms. The number of nitrogens with zero attached hydrogens (tertiary/aromatic N) is 1. The highest BCUT2D eigenvalue weighted by Gasteiger charge is 2.37. The third-order valence-corrected chi connectivity index (χ3v) is 4.17. The van der Waals surface area contributed by atoms with E-state index in [1.807, 2.05) is 37.3 Å². The van der Waals surface area contributed by atoms with Crippen LogP contribution in [0, 0.1) is 6.92 Å². The summed E-state index contributed by atoms with van der Waals surface area (Å²) < 4.78 is 0.766. The number of amides is 1. The van der Waals surface area contributed by atoms with E-state index >= 15 is 0 Å². The summed E-state index contributed by atoms with van der Waals surface area (Å²) in [5, 5.41) is 0. The minimum Gasteiger partial charge on any atom is -0.299 e.